The van der Waals surface area contributed by atoms with Crippen LogP contribution >= 0.6 is 0 Å². The van der Waals surface area contributed by atoms with Crippen LogP contribution in [-0.2, 0) is 28.2 Å². The molecule has 1 aromatic carbocycles. The first kappa shape index (κ1) is 18.9. The van der Waals surface area contributed by atoms with Crippen molar-refractivity contribution in [2.24, 2.45) is 5.73 Å². The number of rotatable bonds is 4. The number of carbonyl (C=O) groups excluding carboxylic acids is 2. The van der Waals surface area contributed by atoms with Crippen LogP contribution in [0.5, 0.6) is 5.75 Å². The van der Waals surface area contributed by atoms with Crippen LogP contribution in [-0.4, -0.2) is 39.4 Å². The predicted molar refractivity (Wildman–Crippen MR) is 99.1 cm³/mol. The molecular formula is C19H20N4O6. The van der Waals surface area contributed by atoms with Crippen LogP contribution < -0.4 is 16.6 Å². The van der Waals surface area contributed by atoms with Gasteiger partial charge < -0.3 is 25.6 Å². The fourth-order valence-electron chi connectivity index (χ4n) is 3.71. The molecule has 10 nitrogen and oxygen atoms in total. The average molecular weight is 400 g/mol. The van der Waals surface area contributed by atoms with Crippen molar-refractivity contribution in [1.82, 2.24) is 14.9 Å². The summed E-state index contributed by atoms with van der Waals surface area (Å²) >= 11 is 0. The molecule has 3 aliphatic heterocycles. The van der Waals surface area contributed by atoms with E-state index < -0.39 is 34.5 Å². The molecule has 0 radical (unpaired) electrons. The normalized spacial score (nSPS) is 22.4. The number of aromatic hydroxyl groups is 1. The highest BCUT2D eigenvalue weighted by Gasteiger charge is 2.47. The maximum absolute atomic E-state index is 12.6. The van der Waals surface area contributed by atoms with Crippen molar-refractivity contribution < 1.29 is 24.2 Å². The second-order valence-electron chi connectivity index (χ2n) is 7.15. The molecular weight excluding hydrogens is 380 g/mol. The largest absolute Gasteiger partial charge is 0.501 e. The van der Waals surface area contributed by atoms with Gasteiger partial charge in [-0.1, -0.05) is 30.3 Å². The Balaban J connectivity index is 1.67. The molecule has 152 valence electrons. The van der Waals surface area contributed by atoms with Gasteiger partial charge >= 0.3 is 6.09 Å². The summed E-state index contributed by atoms with van der Waals surface area (Å²) in [6.07, 6.45) is -0.0146. The van der Waals surface area contributed by atoms with Crippen molar-refractivity contribution >= 4 is 12.0 Å². The van der Waals surface area contributed by atoms with Crippen LogP contribution in [0, 0.1) is 0 Å². The minimum absolute atomic E-state index is 0.0491. The van der Waals surface area contributed by atoms with Gasteiger partial charge in [-0.15, -0.1) is 0 Å². The van der Waals surface area contributed by atoms with Gasteiger partial charge in [0.05, 0.1) is 19.3 Å². The van der Waals surface area contributed by atoms with Crippen LogP contribution in [0.4, 0.5) is 4.79 Å². The first-order valence-corrected chi connectivity index (χ1v) is 9.14. The molecule has 0 saturated carbocycles. The minimum atomic E-state index is -1.18. The zero-order valence-corrected chi connectivity index (χ0v) is 15.5. The van der Waals surface area contributed by atoms with Gasteiger partial charge in [-0.3, -0.25) is 14.2 Å². The molecule has 3 aliphatic rings. The van der Waals surface area contributed by atoms with Gasteiger partial charge in [0.1, 0.15) is 18.0 Å². The molecule has 29 heavy (non-hydrogen) atoms. The second-order valence-corrected chi connectivity index (χ2v) is 7.15. The molecule has 2 aromatic rings. The number of benzene rings is 1. The molecule has 4 heterocycles. The Hall–Kier alpha value is -3.40. The van der Waals surface area contributed by atoms with Gasteiger partial charge in [-0.05, 0) is 18.4 Å². The van der Waals surface area contributed by atoms with Crippen molar-refractivity contribution in [3.63, 3.8) is 0 Å². The number of carbonyl (C=O) groups is 2. The fourth-order valence-corrected chi connectivity index (χ4v) is 3.71. The molecule has 5 rings (SSSR count). The summed E-state index contributed by atoms with van der Waals surface area (Å²) < 4.78 is 12.3. The Morgan fingerprint density at radius 3 is 2.79 bits per heavy atom. The highest BCUT2D eigenvalue weighted by molar-refractivity contribution is 5.93. The third-order valence-electron chi connectivity index (χ3n) is 5.21. The lowest BCUT2D eigenvalue weighted by molar-refractivity contribution is -0.0352. The number of alkyl carbamates (subject to hydrolysis) is 1. The monoisotopic (exact) mass is 400 g/mol. The molecule has 4 N–H and O–H groups in total. The van der Waals surface area contributed by atoms with Crippen molar-refractivity contribution in [2.75, 3.05) is 6.61 Å². The molecule has 1 fully saturated rings. The Labute approximate surface area is 165 Å². The summed E-state index contributed by atoms with van der Waals surface area (Å²) in [4.78, 5) is 40.9. The number of nitrogens with two attached hydrogens (primary N) is 1. The summed E-state index contributed by atoms with van der Waals surface area (Å²) in [6, 6.07) is 9.17. The van der Waals surface area contributed by atoms with E-state index >= 15 is 0 Å². The number of hydrogen-bond donors (Lipinski definition) is 3. The van der Waals surface area contributed by atoms with Gasteiger partial charge in [0.25, 0.3) is 11.5 Å². The van der Waals surface area contributed by atoms with Crippen molar-refractivity contribution in [3.05, 3.63) is 57.8 Å². The third-order valence-corrected chi connectivity index (χ3v) is 5.21. The highest BCUT2D eigenvalue weighted by atomic mass is 16.5. The molecule has 2 amide bonds. The van der Waals surface area contributed by atoms with E-state index in [1.165, 1.54) is 4.57 Å². The van der Waals surface area contributed by atoms with E-state index in [-0.39, 0.29) is 31.7 Å². The Morgan fingerprint density at radius 1 is 1.38 bits per heavy atom. The number of ether oxygens (including phenoxy) is 2. The molecule has 1 saturated heterocycles. The van der Waals surface area contributed by atoms with Gasteiger partial charge in [0.2, 0.25) is 5.75 Å². The van der Waals surface area contributed by atoms with Crippen LogP contribution in [0.3, 0.4) is 0 Å². The summed E-state index contributed by atoms with van der Waals surface area (Å²) in [5.74, 6) is -1.74. The number of amides is 2. The van der Waals surface area contributed by atoms with Gasteiger partial charge in [-0.25, -0.2) is 9.78 Å². The van der Waals surface area contributed by atoms with E-state index in [0.29, 0.717) is 12.8 Å². The molecule has 2 atom stereocenters. The third kappa shape index (κ3) is 3.42. The number of fused-ring (bicyclic) bond motifs is 2. The minimum Gasteiger partial charge on any atom is -0.501 e. The first-order valence-electron chi connectivity index (χ1n) is 9.14. The fraction of sp³-hybridized carbons (Fsp3) is 0.368. The molecule has 2 bridgehead atoms. The van der Waals surface area contributed by atoms with E-state index in [2.05, 4.69) is 10.3 Å². The highest BCUT2D eigenvalue weighted by Crippen LogP contribution is 2.36. The predicted octanol–water partition coefficient (Wildman–Crippen LogP) is 0.362. The summed E-state index contributed by atoms with van der Waals surface area (Å²) in [7, 11) is 0. The van der Waals surface area contributed by atoms with Crippen LogP contribution in [0.25, 0.3) is 0 Å². The van der Waals surface area contributed by atoms with Gasteiger partial charge in [0, 0.05) is 0 Å². The molecule has 10 heteroatoms. The van der Waals surface area contributed by atoms with Crippen LogP contribution in [0.15, 0.2) is 35.1 Å². The van der Waals surface area contributed by atoms with E-state index in [1.54, 1.807) is 0 Å². The lowest BCUT2D eigenvalue weighted by Crippen LogP contribution is -2.53. The van der Waals surface area contributed by atoms with E-state index in [4.69, 9.17) is 15.2 Å². The van der Waals surface area contributed by atoms with Gasteiger partial charge in [0.15, 0.2) is 5.69 Å². The van der Waals surface area contributed by atoms with Crippen molar-refractivity contribution in [1.29, 1.82) is 0 Å². The van der Waals surface area contributed by atoms with Crippen LogP contribution in [0.2, 0.25) is 0 Å². The zero-order chi connectivity index (χ0) is 20.6. The molecule has 2 unspecified atom stereocenters. The van der Waals surface area contributed by atoms with E-state index in [0.717, 1.165) is 5.56 Å². The van der Waals surface area contributed by atoms with Gasteiger partial charge in [-0.2, -0.15) is 0 Å². The van der Waals surface area contributed by atoms with Crippen molar-refractivity contribution in [2.45, 2.75) is 37.6 Å². The summed E-state index contributed by atoms with van der Waals surface area (Å²) in [6.45, 7) is 0.262. The van der Waals surface area contributed by atoms with E-state index in [1.807, 2.05) is 30.3 Å². The topological polar surface area (TPSA) is 146 Å². The number of nitrogens with zero attached hydrogens (tertiary/aromatic N) is 2. The maximum atomic E-state index is 12.6. The van der Waals surface area contributed by atoms with Crippen molar-refractivity contribution in [3.8, 4) is 5.75 Å². The van der Waals surface area contributed by atoms with E-state index in [9.17, 15) is 19.5 Å². The van der Waals surface area contributed by atoms with Crippen LogP contribution in [0.1, 0.15) is 34.7 Å². The first-order chi connectivity index (χ1) is 13.9. The summed E-state index contributed by atoms with van der Waals surface area (Å²) in [5, 5.41) is 12.8. The number of primary amides is 1. The Kier molecular flexibility index (Phi) is 4.71. The number of nitrogens with one attached hydrogen (secondary N) is 1. The Bertz CT molecular complexity index is 1010. The second kappa shape index (κ2) is 7.21. The quantitative estimate of drug-likeness (QED) is 0.672. The average Bonchev–Trinajstić information content (AvgIpc) is 2.96. The Morgan fingerprint density at radius 2 is 2.14 bits per heavy atom. The zero-order valence-electron chi connectivity index (χ0n) is 15.5. The lowest BCUT2D eigenvalue weighted by atomic mass is 9.90. The standard InChI is InChI=1S/C19H20N4O6/c20-15(25)13-14(24)16(26)23-8-12-6-7-19(10-29-12,17(23)21-13)22-18(27)28-9-11-4-2-1-3-5-11/h1-5,12,24H,6-10H2,(H2,20,25)(H,22,27). The maximum Gasteiger partial charge on any atom is 0.408 e. The SMILES string of the molecule is NC(=O)c1nc2n(c(=O)c1O)CC1CCC2(NC(=O)OCc2ccccc2)CO1. The number of aromatic nitrogens is 2. The lowest BCUT2D eigenvalue weighted by Gasteiger charge is -2.36. The smallest absolute Gasteiger partial charge is 0.408 e. The molecule has 1 aromatic heterocycles. The molecule has 0 spiro atoms. The number of hydrogen-bond acceptors (Lipinski definition) is 7. The molecule has 0 aliphatic carbocycles. The summed E-state index contributed by atoms with van der Waals surface area (Å²) in [5.41, 5.74) is 3.55.